The lowest BCUT2D eigenvalue weighted by atomic mass is 10.2. The fourth-order valence-corrected chi connectivity index (χ4v) is 2.03. The van der Waals surface area contributed by atoms with E-state index in [9.17, 15) is 0 Å². The Morgan fingerprint density at radius 3 is 2.75 bits per heavy atom. The highest BCUT2D eigenvalue weighted by atomic mass is 16.5. The summed E-state index contributed by atoms with van der Waals surface area (Å²) in [6.07, 6.45) is 0.640. The zero-order chi connectivity index (χ0) is 13.8. The van der Waals surface area contributed by atoms with E-state index in [2.05, 4.69) is 4.98 Å². The number of hydrogen-bond donors (Lipinski definition) is 1. The van der Waals surface area contributed by atoms with Crippen LogP contribution >= 0.6 is 0 Å². The smallest absolute Gasteiger partial charge is 0.198 e. The Balaban J connectivity index is 1.66. The average molecular weight is 268 g/mol. The van der Waals surface area contributed by atoms with Gasteiger partial charge in [0.2, 0.25) is 0 Å². The lowest BCUT2D eigenvalue weighted by Crippen LogP contribution is -2.01. The molecule has 0 spiro atoms. The molecule has 0 radical (unpaired) electrons. The van der Waals surface area contributed by atoms with Crippen molar-refractivity contribution in [3.63, 3.8) is 0 Å². The summed E-state index contributed by atoms with van der Waals surface area (Å²) in [7, 11) is 0. The Morgan fingerprint density at radius 1 is 1.10 bits per heavy atom. The Kier molecular flexibility index (Phi) is 3.65. The molecule has 0 atom stereocenters. The number of hydrogen-bond acceptors (Lipinski definition) is 4. The molecule has 0 aliphatic heterocycles. The number of benzene rings is 2. The second kappa shape index (κ2) is 5.75. The summed E-state index contributed by atoms with van der Waals surface area (Å²) in [5.74, 6) is 1.54. The molecule has 0 saturated heterocycles. The number of nitrogens with two attached hydrogens (primary N) is 1. The highest BCUT2D eigenvalue weighted by Gasteiger charge is 2.06. The fraction of sp³-hybridized carbons (Fsp3) is 0.188. The van der Waals surface area contributed by atoms with E-state index < -0.39 is 0 Å². The number of aromatic nitrogens is 1. The van der Waals surface area contributed by atoms with Gasteiger partial charge in [0.25, 0.3) is 0 Å². The van der Waals surface area contributed by atoms with Crippen LogP contribution in [-0.4, -0.2) is 11.6 Å². The maximum atomic E-state index is 5.67. The molecule has 0 bridgehead atoms. The van der Waals surface area contributed by atoms with Gasteiger partial charge >= 0.3 is 0 Å². The molecule has 102 valence electrons. The molecule has 20 heavy (non-hydrogen) atoms. The first-order valence-electron chi connectivity index (χ1n) is 6.61. The average Bonchev–Trinajstić information content (AvgIpc) is 2.90. The molecule has 0 saturated carbocycles. The Hall–Kier alpha value is -2.33. The summed E-state index contributed by atoms with van der Waals surface area (Å²) in [4.78, 5) is 4.45. The van der Waals surface area contributed by atoms with E-state index >= 15 is 0 Å². The van der Waals surface area contributed by atoms with Crippen LogP contribution in [0.1, 0.15) is 11.5 Å². The van der Waals surface area contributed by atoms with Crippen molar-refractivity contribution < 1.29 is 9.15 Å². The van der Waals surface area contributed by atoms with Gasteiger partial charge in [-0.3, -0.25) is 0 Å². The lowest BCUT2D eigenvalue weighted by Gasteiger charge is -2.03. The van der Waals surface area contributed by atoms with Crippen molar-refractivity contribution in [1.29, 1.82) is 0 Å². The molecule has 0 aliphatic rings. The van der Waals surface area contributed by atoms with Crippen molar-refractivity contribution in [3.8, 4) is 5.75 Å². The molecule has 3 rings (SSSR count). The zero-order valence-electron chi connectivity index (χ0n) is 11.1. The van der Waals surface area contributed by atoms with E-state index in [1.54, 1.807) is 0 Å². The quantitative estimate of drug-likeness (QED) is 0.773. The first kappa shape index (κ1) is 12.7. The van der Waals surface area contributed by atoms with E-state index in [1.807, 2.05) is 48.5 Å². The first-order valence-corrected chi connectivity index (χ1v) is 6.61. The molecule has 0 fully saturated rings. The Labute approximate surface area is 117 Å². The molecule has 2 aromatic carbocycles. The maximum Gasteiger partial charge on any atom is 0.198 e. The summed E-state index contributed by atoms with van der Waals surface area (Å²) in [6, 6.07) is 15.5. The standard InChI is InChI=1S/C16H16N2O2/c17-11-12-6-7-15-14(10-12)18-16(20-15)8-9-19-13-4-2-1-3-5-13/h1-7,10H,8-9,11,17H2. The minimum absolute atomic E-state index is 0.509. The van der Waals surface area contributed by atoms with Crippen LogP contribution in [0.25, 0.3) is 11.1 Å². The lowest BCUT2D eigenvalue weighted by molar-refractivity contribution is 0.308. The van der Waals surface area contributed by atoms with Gasteiger partial charge in [0.05, 0.1) is 13.0 Å². The second-order valence-electron chi connectivity index (χ2n) is 4.53. The summed E-state index contributed by atoms with van der Waals surface area (Å²) in [5, 5.41) is 0. The molecular weight excluding hydrogens is 252 g/mol. The van der Waals surface area contributed by atoms with Gasteiger partial charge in [0.1, 0.15) is 11.3 Å². The van der Waals surface area contributed by atoms with E-state index in [1.165, 1.54) is 0 Å². The van der Waals surface area contributed by atoms with Gasteiger partial charge in [-0.15, -0.1) is 0 Å². The third-order valence-corrected chi connectivity index (χ3v) is 3.06. The number of oxazole rings is 1. The Bertz CT molecular complexity index is 692. The van der Waals surface area contributed by atoms with Gasteiger partial charge in [0.15, 0.2) is 11.5 Å². The minimum Gasteiger partial charge on any atom is -0.493 e. The monoisotopic (exact) mass is 268 g/mol. The first-order chi connectivity index (χ1) is 9.85. The maximum absolute atomic E-state index is 5.67. The predicted molar refractivity (Wildman–Crippen MR) is 77.5 cm³/mol. The molecule has 4 heteroatoms. The molecule has 1 aromatic heterocycles. The highest BCUT2D eigenvalue weighted by molar-refractivity contribution is 5.73. The van der Waals surface area contributed by atoms with Crippen molar-refractivity contribution in [2.24, 2.45) is 5.73 Å². The molecule has 2 N–H and O–H groups in total. The normalized spacial score (nSPS) is 10.8. The van der Waals surface area contributed by atoms with Crippen molar-refractivity contribution in [3.05, 3.63) is 60.0 Å². The largest absolute Gasteiger partial charge is 0.493 e. The summed E-state index contributed by atoms with van der Waals surface area (Å²) in [6.45, 7) is 1.05. The van der Waals surface area contributed by atoms with Crippen LogP contribution in [0.15, 0.2) is 52.9 Å². The van der Waals surface area contributed by atoms with Crippen LogP contribution in [0.2, 0.25) is 0 Å². The van der Waals surface area contributed by atoms with E-state index in [0.29, 0.717) is 25.5 Å². The molecule has 4 nitrogen and oxygen atoms in total. The summed E-state index contributed by atoms with van der Waals surface area (Å²) < 4.78 is 11.3. The van der Waals surface area contributed by atoms with Crippen molar-refractivity contribution in [2.45, 2.75) is 13.0 Å². The predicted octanol–water partition coefficient (Wildman–Crippen LogP) is 2.91. The molecule has 1 heterocycles. The fourth-order valence-electron chi connectivity index (χ4n) is 2.03. The van der Waals surface area contributed by atoms with Crippen LogP contribution in [0.4, 0.5) is 0 Å². The third-order valence-electron chi connectivity index (χ3n) is 3.06. The number of rotatable bonds is 5. The van der Waals surface area contributed by atoms with Gasteiger partial charge < -0.3 is 14.9 Å². The number of fused-ring (bicyclic) bond motifs is 1. The van der Waals surface area contributed by atoms with Gasteiger partial charge in [-0.2, -0.15) is 0 Å². The van der Waals surface area contributed by atoms with Gasteiger partial charge in [-0.1, -0.05) is 24.3 Å². The van der Waals surface area contributed by atoms with E-state index in [-0.39, 0.29) is 0 Å². The molecular formula is C16H16N2O2. The van der Waals surface area contributed by atoms with Crippen LogP contribution in [0.3, 0.4) is 0 Å². The third kappa shape index (κ3) is 2.81. The number of para-hydroxylation sites is 1. The van der Waals surface area contributed by atoms with Crippen molar-refractivity contribution >= 4 is 11.1 Å². The van der Waals surface area contributed by atoms with Gasteiger partial charge in [0, 0.05) is 6.54 Å². The topological polar surface area (TPSA) is 61.3 Å². The van der Waals surface area contributed by atoms with E-state index in [0.717, 1.165) is 22.4 Å². The summed E-state index contributed by atoms with van der Waals surface area (Å²) in [5.41, 5.74) is 8.31. The highest BCUT2D eigenvalue weighted by Crippen LogP contribution is 2.18. The van der Waals surface area contributed by atoms with Crippen LogP contribution in [-0.2, 0) is 13.0 Å². The molecule has 3 aromatic rings. The SMILES string of the molecule is NCc1ccc2oc(CCOc3ccccc3)nc2c1. The van der Waals surface area contributed by atoms with Crippen LogP contribution in [0.5, 0.6) is 5.75 Å². The zero-order valence-corrected chi connectivity index (χ0v) is 11.1. The van der Waals surface area contributed by atoms with Crippen molar-refractivity contribution in [2.75, 3.05) is 6.61 Å². The van der Waals surface area contributed by atoms with Crippen LogP contribution in [0, 0.1) is 0 Å². The Morgan fingerprint density at radius 2 is 1.95 bits per heavy atom. The number of nitrogens with zero attached hydrogens (tertiary/aromatic N) is 1. The summed E-state index contributed by atoms with van der Waals surface area (Å²) >= 11 is 0. The van der Waals surface area contributed by atoms with E-state index in [4.69, 9.17) is 14.9 Å². The second-order valence-corrected chi connectivity index (χ2v) is 4.53. The minimum atomic E-state index is 0.509. The molecule has 0 amide bonds. The van der Waals surface area contributed by atoms with Gasteiger partial charge in [-0.05, 0) is 29.8 Å². The molecule has 0 aliphatic carbocycles. The van der Waals surface area contributed by atoms with Crippen molar-refractivity contribution in [1.82, 2.24) is 4.98 Å². The van der Waals surface area contributed by atoms with Crippen LogP contribution < -0.4 is 10.5 Å². The number of ether oxygens (including phenoxy) is 1. The van der Waals surface area contributed by atoms with Gasteiger partial charge in [-0.25, -0.2) is 4.98 Å². The molecule has 0 unspecified atom stereocenters.